The van der Waals surface area contributed by atoms with Crippen LogP contribution in [0, 0.1) is 5.92 Å². The Morgan fingerprint density at radius 2 is 2.30 bits per heavy atom. The zero-order valence-corrected chi connectivity index (χ0v) is 13.3. The maximum absolute atomic E-state index is 5.91. The van der Waals surface area contributed by atoms with Crippen LogP contribution in [0.4, 0.5) is 5.95 Å². The highest BCUT2D eigenvalue weighted by Crippen LogP contribution is 2.31. The average molecular weight is 338 g/mol. The van der Waals surface area contributed by atoms with Crippen molar-refractivity contribution < 1.29 is 0 Å². The van der Waals surface area contributed by atoms with E-state index in [1.165, 1.54) is 19.3 Å². The van der Waals surface area contributed by atoms with Gasteiger partial charge in [0.25, 0.3) is 0 Å². The van der Waals surface area contributed by atoms with Gasteiger partial charge >= 0.3 is 0 Å². The molecule has 0 amide bonds. The Kier molecular flexibility index (Phi) is 3.94. The summed E-state index contributed by atoms with van der Waals surface area (Å²) in [5.41, 5.74) is 6.79. The van der Waals surface area contributed by atoms with Crippen LogP contribution in [0.5, 0.6) is 0 Å². The Hall–Kier alpha value is -1.14. The van der Waals surface area contributed by atoms with Crippen molar-refractivity contribution in [3.8, 4) is 0 Å². The van der Waals surface area contributed by atoms with Crippen LogP contribution in [-0.2, 0) is 0 Å². The Morgan fingerprint density at radius 1 is 1.45 bits per heavy atom. The molecule has 6 heteroatoms. The van der Waals surface area contributed by atoms with E-state index in [1.807, 2.05) is 22.8 Å². The molecule has 108 valence electrons. The molecule has 5 nitrogen and oxygen atoms in total. The summed E-state index contributed by atoms with van der Waals surface area (Å²) in [4.78, 5) is 6.97. The quantitative estimate of drug-likeness (QED) is 0.930. The van der Waals surface area contributed by atoms with Gasteiger partial charge < -0.3 is 10.6 Å². The summed E-state index contributed by atoms with van der Waals surface area (Å²) in [7, 11) is 0. The van der Waals surface area contributed by atoms with Gasteiger partial charge in [-0.15, -0.1) is 5.10 Å². The summed E-state index contributed by atoms with van der Waals surface area (Å²) in [6.07, 6.45) is 5.60. The van der Waals surface area contributed by atoms with Crippen LogP contribution in [0.3, 0.4) is 0 Å². The van der Waals surface area contributed by atoms with Crippen molar-refractivity contribution >= 4 is 27.5 Å². The molecule has 20 heavy (non-hydrogen) atoms. The fraction of sp³-hybridized carbons (Fsp3) is 0.571. The van der Waals surface area contributed by atoms with E-state index in [0.29, 0.717) is 12.0 Å². The largest absolute Gasteiger partial charge is 0.336 e. The van der Waals surface area contributed by atoms with E-state index in [4.69, 9.17) is 5.73 Å². The van der Waals surface area contributed by atoms with Crippen molar-refractivity contribution in [1.82, 2.24) is 14.6 Å². The van der Waals surface area contributed by atoms with Gasteiger partial charge in [0.15, 0.2) is 5.65 Å². The van der Waals surface area contributed by atoms with Crippen molar-refractivity contribution in [3.63, 3.8) is 0 Å². The molecule has 1 fully saturated rings. The molecule has 1 aliphatic rings. The van der Waals surface area contributed by atoms with E-state index in [-0.39, 0.29) is 0 Å². The van der Waals surface area contributed by atoms with Gasteiger partial charge in [0, 0.05) is 23.3 Å². The summed E-state index contributed by atoms with van der Waals surface area (Å²) >= 11 is 3.46. The summed E-state index contributed by atoms with van der Waals surface area (Å²) in [5, 5.41) is 4.62. The van der Waals surface area contributed by atoms with Gasteiger partial charge in [0.05, 0.1) is 0 Å². The number of nitrogens with two attached hydrogens (primary N) is 1. The molecule has 2 aromatic rings. The molecule has 0 aromatic carbocycles. The number of halogens is 1. The van der Waals surface area contributed by atoms with Crippen molar-refractivity contribution in [1.29, 1.82) is 0 Å². The maximum atomic E-state index is 5.91. The monoisotopic (exact) mass is 337 g/mol. The summed E-state index contributed by atoms with van der Waals surface area (Å²) < 4.78 is 2.83. The molecule has 0 bridgehead atoms. The lowest BCUT2D eigenvalue weighted by Gasteiger charge is -2.30. The standard InChI is InChI=1S/C14H20BrN5/c1-2-19(12-5-3-4-10(12)8-16)14-17-13-7-6-11(15)9-20(13)18-14/h6-7,9-10,12H,2-5,8,16H2,1H3. The van der Waals surface area contributed by atoms with Crippen LogP contribution in [-0.4, -0.2) is 33.7 Å². The Labute approximate surface area is 127 Å². The predicted octanol–water partition coefficient (Wildman–Crippen LogP) is 2.45. The third kappa shape index (κ3) is 2.42. The van der Waals surface area contributed by atoms with Crippen LogP contribution in [0.15, 0.2) is 22.8 Å². The second-order valence-electron chi connectivity index (χ2n) is 5.34. The molecule has 2 atom stereocenters. The lowest BCUT2D eigenvalue weighted by Crippen LogP contribution is -2.41. The number of fused-ring (bicyclic) bond motifs is 1. The van der Waals surface area contributed by atoms with E-state index in [0.717, 1.165) is 29.2 Å². The molecular weight excluding hydrogens is 318 g/mol. The summed E-state index contributed by atoms with van der Waals surface area (Å²) in [5.74, 6) is 1.38. The number of nitrogens with zero attached hydrogens (tertiary/aromatic N) is 4. The molecule has 0 saturated heterocycles. The molecule has 1 saturated carbocycles. The molecular formula is C14H20BrN5. The Bertz CT molecular complexity index is 596. The molecule has 0 radical (unpaired) electrons. The smallest absolute Gasteiger partial charge is 0.245 e. The first-order valence-electron chi connectivity index (χ1n) is 7.21. The first-order valence-corrected chi connectivity index (χ1v) is 8.01. The van der Waals surface area contributed by atoms with Crippen LogP contribution < -0.4 is 10.6 Å². The average Bonchev–Trinajstić information content (AvgIpc) is 3.05. The van der Waals surface area contributed by atoms with Gasteiger partial charge in [-0.3, -0.25) is 0 Å². The van der Waals surface area contributed by atoms with Gasteiger partial charge in [0.2, 0.25) is 5.95 Å². The predicted molar refractivity (Wildman–Crippen MR) is 83.9 cm³/mol. The molecule has 2 unspecified atom stereocenters. The van der Waals surface area contributed by atoms with Gasteiger partial charge in [0.1, 0.15) is 0 Å². The first kappa shape index (κ1) is 13.8. The summed E-state index contributed by atoms with van der Waals surface area (Å²) in [6, 6.07) is 4.44. The second-order valence-corrected chi connectivity index (χ2v) is 6.26. The lowest BCUT2D eigenvalue weighted by molar-refractivity contribution is 0.456. The number of hydrogen-bond acceptors (Lipinski definition) is 4. The highest BCUT2D eigenvalue weighted by molar-refractivity contribution is 9.10. The van der Waals surface area contributed by atoms with Crippen LogP contribution >= 0.6 is 15.9 Å². The van der Waals surface area contributed by atoms with E-state index < -0.39 is 0 Å². The van der Waals surface area contributed by atoms with E-state index in [9.17, 15) is 0 Å². The minimum absolute atomic E-state index is 0.478. The van der Waals surface area contributed by atoms with Crippen LogP contribution in [0.25, 0.3) is 5.65 Å². The number of hydrogen-bond donors (Lipinski definition) is 1. The van der Waals surface area contributed by atoms with Crippen molar-refractivity contribution in [3.05, 3.63) is 22.8 Å². The Morgan fingerprint density at radius 3 is 3.05 bits per heavy atom. The van der Waals surface area contributed by atoms with Gasteiger partial charge in [-0.1, -0.05) is 6.42 Å². The van der Waals surface area contributed by atoms with E-state index >= 15 is 0 Å². The first-order chi connectivity index (χ1) is 9.72. The van der Waals surface area contributed by atoms with E-state index in [1.54, 1.807) is 0 Å². The minimum atomic E-state index is 0.478. The third-order valence-corrected chi connectivity index (χ3v) is 4.67. The zero-order valence-electron chi connectivity index (χ0n) is 11.7. The van der Waals surface area contributed by atoms with Gasteiger partial charge in [-0.05, 0) is 60.3 Å². The number of anilines is 1. The number of aromatic nitrogens is 3. The molecule has 2 aromatic heterocycles. The molecule has 3 rings (SSSR count). The molecule has 2 heterocycles. The molecule has 0 spiro atoms. The fourth-order valence-corrected chi connectivity index (χ4v) is 3.52. The zero-order chi connectivity index (χ0) is 14.1. The van der Waals surface area contributed by atoms with Gasteiger partial charge in [-0.25, -0.2) is 4.52 Å². The highest BCUT2D eigenvalue weighted by atomic mass is 79.9. The van der Waals surface area contributed by atoms with Crippen LogP contribution in [0.1, 0.15) is 26.2 Å². The van der Waals surface area contributed by atoms with Crippen molar-refractivity contribution in [2.75, 3.05) is 18.0 Å². The highest BCUT2D eigenvalue weighted by Gasteiger charge is 2.32. The SMILES string of the molecule is CCN(c1nc2ccc(Br)cn2n1)C1CCCC1CN. The van der Waals surface area contributed by atoms with E-state index in [2.05, 4.69) is 37.8 Å². The van der Waals surface area contributed by atoms with Crippen LogP contribution in [0.2, 0.25) is 0 Å². The molecule has 1 aliphatic carbocycles. The molecule has 0 aliphatic heterocycles. The normalized spacial score (nSPS) is 22.6. The fourth-order valence-electron chi connectivity index (χ4n) is 3.19. The molecule has 2 N–H and O–H groups in total. The summed E-state index contributed by atoms with van der Waals surface area (Å²) in [6.45, 7) is 3.83. The van der Waals surface area contributed by atoms with Crippen molar-refractivity contribution in [2.45, 2.75) is 32.2 Å². The van der Waals surface area contributed by atoms with Gasteiger partial charge in [-0.2, -0.15) is 4.98 Å². The van der Waals surface area contributed by atoms with Crippen molar-refractivity contribution in [2.24, 2.45) is 11.7 Å². The number of pyridine rings is 1. The second kappa shape index (κ2) is 5.69. The lowest BCUT2D eigenvalue weighted by atomic mass is 10.0. The maximum Gasteiger partial charge on any atom is 0.245 e. The topological polar surface area (TPSA) is 59.5 Å². The Balaban J connectivity index is 1.94. The number of rotatable bonds is 4. The third-order valence-electron chi connectivity index (χ3n) is 4.20. The minimum Gasteiger partial charge on any atom is -0.336 e.